The Labute approximate surface area is 133 Å². The predicted octanol–water partition coefficient (Wildman–Crippen LogP) is 4.79. The molecule has 1 unspecified atom stereocenters. The lowest BCUT2D eigenvalue weighted by atomic mass is 9.96. The molecule has 2 N–H and O–H groups in total. The Morgan fingerprint density at radius 1 is 0.818 bits per heavy atom. The Hall–Kier alpha value is -1.80. The van der Waals surface area contributed by atoms with Gasteiger partial charge < -0.3 is 10.2 Å². The summed E-state index contributed by atoms with van der Waals surface area (Å²) in [6, 6.07) is 16.0. The molecule has 2 aromatic rings. The first-order chi connectivity index (χ1) is 10.7. The van der Waals surface area contributed by atoms with Crippen LogP contribution in [0.5, 0.6) is 5.75 Å². The van der Waals surface area contributed by atoms with E-state index in [4.69, 9.17) is 5.11 Å². The summed E-state index contributed by atoms with van der Waals surface area (Å²) in [4.78, 5) is 0. The van der Waals surface area contributed by atoms with Gasteiger partial charge in [-0.3, -0.25) is 0 Å². The van der Waals surface area contributed by atoms with Gasteiger partial charge in [-0.15, -0.1) is 0 Å². The highest BCUT2D eigenvalue weighted by Crippen LogP contribution is 2.23. The van der Waals surface area contributed by atoms with Crippen LogP contribution >= 0.6 is 0 Å². The van der Waals surface area contributed by atoms with Gasteiger partial charge in [0.25, 0.3) is 0 Å². The summed E-state index contributed by atoms with van der Waals surface area (Å²) < 4.78 is 0. The number of aliphatic hydroxyl groups is 1. The topological polar surface area (TPSA) is 40.5 Å². The van der Waals surface area contributed by atoms with Gasteiger partial charge in [-0.1, -0.05) is 49.7 Å². The summed E-state index contributed by atoms with van der Waals surface area (Å²) >= 11 is 0. The molecule has 0 aliphatic heterocycles. The van der Waals surface area contributed by atoms with E-state index in [9.17, 15) is 5.11 Å². The average molecular weight is 298 g/mol. The maximum atomic E-state index is 9.33. The summed E-state index contributed by atoms with van der Waals surface area (Å²) in [7, 11) is 0. The number of phenolic OH excluding ortho intramolecular Hbond substituents is 1. The second kappa shape index (κ2) is 8.60. The molecule has 0 heterocycles. The van der Waals surface area contributed by atoms with Crippen LogP contribution in [0.4, 0.5) is 0 Å². The van der Waals surface area contributed by atoms with Crippen molar-refractivity contribution < 1.29 is 10.2 Å². The Morgan fingerprint density at radius 2 is 1.36 bits per heavy atom. The van der Waals surface area contributed by atoms with Crippen molar-refractivity contribution in [3.05, 3.63) is 54.1 Å². The monoisotopic (exact) mass is 298 g/mol. The summed E-state index contributed by atoms with van der Waals surface area (Å²) in [5.41, 5.74) is 3.68. The smallest absolute Gasteiger partial charge is 0.115 e. The molecule has 22 heavy (non-hydrogen) atoms. The molecule has 0 radical (unpaired) electrons. The van der Waals surface area contributed by atoms with Crippen molar-refractivity contribution in [3.63, 3.8) is 0 Å². The average Bonchev–Trinajstić information content (AvgIpc) is 2.54. The number of aliphatic hydroxyl groups excluding tert-OH is 1. The molecule has 0 saturated heterocycles. The summed E-state index contributed by atoms with van der Waals surface area (Å²) in [5.74, 6) is 0.999. The van der Waals surface area contributed by atoms with E-state index in [1.807, 2.05) is 12.1 Å². The lowest BCUT2D eigenvalue weighted by Gasteiger charge is -2.10. The number of rotatable bonds is 8. The van der Waals surface area contributed by atoms with E-state index in [0.717, 1.165) is 24.8 Å². The van der Waals surface area contributed by atoms with E-state index < -0.39 is 0 Å². The van der Waals surface area contributed by atoms with Crippen LogP contribution < -0.4 is 0 Å². The standard InChI is InChI=1S/C20H26O2/c1-16(5-3-15-21)4-2-6-17-7-9-18(10-8-17)19-11-13-20(22)14-12-19/h7-14,16,21-22H,2-6,15H2,1H3. The highest BCUT2D eigenvalue weighted by atomic mass is 16.3. The van der Waals surface area contributed by atoms with Gasteiger partial charge in [-0.05, 0) is 60.4 Å². The predicted molar refractivity (Wildman–Crippen MR) is 92.0 cm³/mol. The number of aryl methyl sites for hydroxylation is 1. The highest BCUT2D eigenvalue weighted by molar-refractivity contribution is 5.64. The maximum Gasteiger partial charge on any atom is 0.115 e. The van der Waals surface area contributed by atoms with Crippen LogP contribution in [0.1, 0.15) is 38.2 Å². The third kappa shape index (κ3) is 5.19. The van der Waals surface area contributed by atoms with Crippen LogP contribution in [0.3, 0.4) is 0 Å². The number of aromatic hydroxyl groups is 1. The molecule has 118 valence electrons. The fourth-order valence-electron chi connectivity index (χ4n) is 2.76. The van der Waals surface area contributed by atoms with Crippen molar-refractivity contribution in [1.82, 2.24) is 0 Å². The van der Waals surface area contributed by atoms with E-state index in [0.29, 0.717) is 18.3 Å². The lowest BCUT2D eigenvalue weighted by Crippen LogP contribution is -1.98. The van der Waals surface area contributed by atoms with Crippen molar-refractivity contribution in [2.45, 2.75) is 39.0 Å². The van der Waals surface area contributed by atoms with Crippen molar-refractivity contribution in [2.75, 3.05) is 6.61 Å². The van der Waals surface area contributed by atoms with Gasteiger partial charge in [-0.2, -0.15) is 0 Å². The zero-order valence-corrected chi connectivity index (χ0v) is 13.3. The largest absolute Gasteiger partial charge is 0.508 e. The Kier molecular flexibility index (Phi) is 6.47. The first kappa shape index (κ1) is 16.6. The SMILES string of the molecule is CC(CCCO)CCCc1ccc(-c2ccc(O)cc2)cc1. The van der Waals surface area contributed by atoms with Crippen LogP contribution in [0.25, 0.3) is 11.1 Å². The van der Waals surface area contributed by atoms with Gasteiger partial charge >= 0.3 is 0 Å². The Bertz CT molecular complexity index is 543. The highest BCUT2D eigenvalue weighted by Gasteiger charge is 2.03. The van der Waals surface area contributed by atoms with E-state index in [1.54, 1.807) is 12.1 Å². The van der Waals surface area contributed by atoms with Gasteiger partial charge in [0.1, 0.15) is 5.75 Å². The molecular formula is C20H26O2. The van der Waals surface area contributed by atoms with E-state index in [2.05, 4.69) is 31.2 Å². The van der Waals surface area contributed by atoms with E-state index in [-0.39, 0.29) is 0 Å². The van der Waals surface area contributed by atoms with Crippen LogP contribution in [-0.2, 0) is 6.42 Å². The third-order valence-corrected chi connectivity index (χ3v) is 4.17. The molecule has 0 saturated carbocycles. The van der Waals surface area contributed by atoms with Crippen molar-refractivity contribution >= 4 is 0 Å². The second-order valence-electron chi connectivity index (χ2n) is 6.11. The molecule has 0 amide bonds. The van der Waals surface area contributed by atoms with Gasteiger partial charge in [0.2, 0.25) is 0 Å². The first-order valence-corrected chi connectivity index (χ1v) is 8.18. The van der Waals surface area contributed by atoms with Crippen LogP contribution in [0.2, 0.25) is 0 Å². The minimum absolute atomic E-state index is 0.302. The van der Waals surface area contributed by atoms with Crippen LogP contribution in [0.15, 0.2) is 48.5 Å². The summed E-state index contributed by atoms with van der Waals surface area (Å²) in [6.07, 6.45) is 5.57. The zero-order chi connectivity index (χ0) is 15.8. The molecule has 0 bridgehead atoms. The number of benzene rings is 2. The number of hydrogen-bond acceptors (Lipinski definition) is 2. The molecule has 0 spiro atoms. The summed E-state index contributed by atoms with van der Waals surface area (Å²) in [6.45, 7) is 2.58. The normalized spacial score (nSPS) is 12.3. The summed E-state index contributed by atoms with van der Waals surface area (Å²) in [5, 5.41) is 18.2. The van der Waals surface area contributed by atoms with E-state index >= 15 is 0 Å². The molecule has 2 heteroatoms. The fraction of sp³-hybridized carbons (Fsp3) is 0.400. The van der Waals surface area contributed by atoms with Crippen LogP contribution in [-0.4, -0.2) is 16.8 Å². The molecule has 2 aromatic carbocycles. The molecule has 0 aliphatic carbocycles. The van der Waals surface area contributed by atoms with Crippen molar-refractivity contribution in [2.24, 2.45) is 5.92 Å². The molecule has 2 nitrogen and oxygen atoms in total. The minimum Gasteiger partial charge on any atom is -0.508 e. The quantitative estimate of drug-likeness (QED) is 0.735. The third-order valence-electron chi connectivity index (χ3n) is 4.17. The van der Waals surface area contributed by atoms with Gasteiger partial charge in [-0.25, -0.2) is 0 Å². The van der Waals surface area contributed by atoms with Gasteiger partial charge in [0.15, 0.2) is 0 Å². The Morgan fingerprint density at radius 3 is 1.95 bits per heavy atom. The molecule has 2 rings (SSSR count). The molecule has 1 atom stereocenters. The molecule has 0 aromatic heterocycles. The molecule has 0 aliphatic rings. The maximum absolute atomic E-state index is 9.33. The lowest BCUT2D eigenvalue weighted by molar-refractivity contribution is 0.271. The molecule has 0 fully saturated rings. The first-order valence-electron chi connectivity index (χ1n) is 8.18. The second-order valence-corrected chi connectivity index (χ2v) is 6.11. The number of hydrogen-bond donors (Lipinski definition) is 2. The van der Waals surface area contributed by atoms with Crippen molar-refractivity contribution in [1.29, 1.82) is 0 Å². The molecular weight excluding hydrogens is 272 g/mol. The van der Waals surface area contributed by atoms with Crippen LogP contribution in [0, 0.1) is 5.92 Å². The van der Waals surface area contributed by atoms with Gasteiger partial charge in [0.05, 0.1) is 0 Å². The number of phenols is 1. The Balaban J connectivity index is 1.83. The van der Waals surface area contributed by atoms with Crippen molar-refractivity contribution in [3.8, 4) is 16.9 Å². The van der Waals surface area contributed by atoms with E-state index in [1.165, 1.54) is 24.0 Å². The fourth-order valence-corrected chi connectivity index (χ4v) is 2.76. The van der Waals surface area contributed by atoms with Gasteiger partial charge in [0, 0.05) is 6.61 Å². The zero-order valence-electron chi connectivity index (χ0n) is 13.3. The minimum atomic E-state index is 0.302.